The van der Waals surface area contributed by atoms with E-state index in [1.165, 1.54) is 12.1 Å². The minimum absolute atomic E-state index is 0.249. The van der Waals surface area contributed by atoms with Crippen LogP contribution in [0.15, 0.2) is 41.3 Å². The summed E-state index contributed by atoms with van der Waals surface area (Å²) in [5, 5.41) is 6.21. The molecule has 0 aliphatic carbocycles. The second kappa shape index (κ2) is 6.51. The van der Waals surface area contributed by atoms with Crippen molar-refractivity contribution in [1.82, 2.24) is 20.2 Å². The number of halogens is 1. The molecule has 0 aliphatic rings. The number of urea groups is 1. The van der Waals surface area contributed by atoms with Crippen LogP contribution in [-0.2, 0) is 13.1 Å². The predicted molar refractivity (Wildman–Crippen MR) is 83.4 cm³/mol. The van der Waals surface area contributed by atoms with Crippen LogP contribution < -0.4 is 10.6 Å². The summed E-state index contributed by atoms with van der Waals surface area (Å²) in [4.78, 5) is 15.7. The van der Waals surface area contributed by atoms with Gasteiger partial charge in [-0.2, -0.15) is 0 Å². The molecular formula is C16H17FN4O2. The summed E-state index contributed by atoms with van der Waals surface area (Å²) in [6.45, 7) is 3.24. The number of hydrogen-bond donors (Lipinski definition) is 2. The van der Waals surface area contributed by atoms with Gasteiger partial charge in [0.2, 0.25) is 0 Å². The Kier molecular flexibility index (Phi) is 4.27. The molecule has 3 aromatic rings. The highest BCUT2D eigenvalue weighted by molar-refractivity contribution is 5.82. The number of nitrogens with one attached hydrogen (secondary N) is 2. The first kappa shape index (κ1) is 15.1. The number of nitrogens with zero attached hydrogens (tertiary/aromatic N) is 2. The molecule has 2 amide bonds. The average Bonchev–Trinajstić information content (AvgIpc) is 3.14. The Hall–Kier alpha value is -2.83. The number of rotatable bonds is 5. The number of fused-ring (bicyclic) bond motifs is 1. The van der Waals surface area contributed by atoms with Gasteiger partial charge in [0.15, 0.2) is 0 Å². The summed E-state index contributed by atoms with van der Waals surface area (Å²) in [5.74, 6) is 0.313. The quantitative estimate of drug-likeness (QED) is 0.760. The van der Waals surface area contributed by atoms with Crippen molar-refractivity contribution >= 4 is 17.0 Å². The van der Waals surface area contributed by atoms with Gasteiger partial charge in [-0.1, -0.05) is 0 Å². The van der Waals surface area contributed by atoms with Gasteiger partial charge in [0.25, 0.3) is 0 Å². The Labute approximate surface area is 132 Å². The minimum Gasteiger partial charge on any atom is -0.459 e. The molecule has 6 nitrogen and oxygen atoms in total. The molecule has 2 aromatic heterocycles. The van der Waals surface area contributed by atoms with Gasteiger partial charge in [0.05, 0.1) is 12.9 Å². The first-order chi connectivity index (χ1) is 11.1. The molecule has 0 aliphatic heterocycles. The van der Waals surface area contributed by atoms with Crippen molar-refractivity contribution in [2.75, 3.05) is 6.54 Å². The van der Waals surface area contributed by atoms with Crippen molar-refractivity contribution < 1.29 is 13.6 Å². The van der Waals surface area contributed by atoms with E-state index < -0.39 is 0 Å². The number of imidazole rings is 1. The number of hydrogen-bond acceptors (Lipinski definition) is 3. The van der Waals surface area contributed by atoms with Crippen LogP contribution in [0.3, 0.4) is 0 Å². The van der Waals surface area contributed by atoms with Crippen molar-refractivity contribution in [2.24, 2.45) is 0 Å². The third kappa shape index (κ3) is 3.50. The zero-order valence-electron chi connectivity index (χ0n) is 12.7. The molecule has 0 saturated carbocycles. The Morgan fingerprint density at radius 1 is 1.39 bits per heavy atom. The van der Waals surface area contributed by atoms with E-state index in [4.69, 9.17) is 4.42 Å². The van der Waals surface area contributed by atoms with Crippen molar-refractivity contribution in [1.29, 1.82) is 0 Å². The van der Waals surface area contributed by atoms with Crippen LogP contribution in [0.2, 0.25) is 0 Å². The lowest BCUT2D eigenvalue weighted by Crippen LogP contribution is -2.36. The van der Waals surface area contributed by atoms with Crippen LogP contribution in [0.5, 0.6) is 0 Å². The molecule has 23 heavy (non-hydrogen) atoms. The monoisotopic (exact) mass is 316 g/mol. The van der Waals surface area contributed by atoms with Crippen LogP contribution >= 0.6 is 0 Å². The highest BCUT2D eigenvalue weighted by Crippen LogP contribution is 2.25. The smallest absolute Gasteiger partial charge is 0.315 e. The Morgan fingerprint density at radius 3 is 3.04 bits per heavy atom. The average molecular weight is 316 g/mol. The van der Waals surface area contributed by atoms with Gasteiger partial charge in [-0.25, -0.2) is 14.2 Å². The molecule has 0 atom stereocenters. The summed E-state index contributed by atoms with van der Waals surface area (Å²) >= 11 is 0. The normalized spacial score (nSPS) is 10.9. The van der Waals surface area contributed by atoms with Crippen LogP contribution in [0.1, 0.15) is 11.3 Å². The molecule has 120 valence electrons. The predicted octanol–water partition coefficient (Wildman–Crippen LogP) is 2.58. The number of benzene rings is 1. The van der Waals surface area contributed by atoms with E-state index in [1.54, 1.807) is 18.6 Å². The lowest BCUT2D eigenvalue weighted by molar-refractivity contribution is 0.239. The summed E-state index contributed by atoms with van der Waals surface area (Å²) < 4.78 is 20.8. The highest BCUT2D eigenvalue weighted by Gasteiger charge is 2.12. The molecule has 0 fully saturated rings. The number of carbonyl (C=O) groups is 1. The second-order valence-electron chi connectivity index (χ2n) is 5.20. The van der Waals surface area contributed by atoms with Gasteiger partial charge in [0, 0.05) is 36.4 Å². The van der Waals surface area contributed by atoms with Crippen LogP contribution in [0.4, 0.5) is 9.18 Å². The van der Waals surface area contributed by atoms with E-state index in [9.17, 15) is 9.18 Å². The molecule has 1 aromatic carbocycles. The molecule has 0 bridgehead atoms. The fraction of sp³-hybridized carbons (Fsp3) is 0.250. The van der Waals surface area contributed by atoms with Gasteiger partial charge in [-0.3, -0.25) is 0 Å². The molecule has 3 rings (SSSR count). The zero-order valence-corrected chi connectivity index (χ0v) is 12.7. The summed E-state index contributed by atoms with van der Waals surface area (Å²) in [5.41, 5.74) is 1.44. The maximum Gasteiger partial charge on any atom is 0.315 e. The van der Waals surface area contributed by atoms with Crippen molar-refractivity contribution in [3.8, 4) is 0 Å². The maximum absolute atomic E-state index is 13.3. The molecule has 2 heterocycles. The topological polar surface area (TPSA) is 72.1 Å². The third-order valence-corrected chi connectivity index (χ3v) is 3.62. The first-order valence-corrected chi connectivity index (χ1v) is 7.28. The van der Waals surface area contributed by atoms with Gasteiger partial charge in [-0.05, 0) is 25.1 Å². The van der Waals surface area contributed by atoms with Gasteiger partial charge >= 0.3 is 6.03 Å². The molecule has 0 radical (unpaired) electrons. The summed E-state index contributed by atoms with van der Waals surface area (Å²) in [6, 6.07) is 4.09. The maximum atomic E-state index is 13.3. The van der Waals surface area contributed by atoms with Crippen LogP contribution in [-0.4, -0.2) is 22.1 Å². The SMILES string of the molecule is Cc1c(CNC(=O)NCCn2ccnc2)oc2ccc(F)cc12. The standard InChI is InChI=1S/C16H17FN4O2/c1-11-13-8-12(17)2-3-14(13)23-15(11)9-20-16(22)19-5-7-21-6-4-18-10-21/h2-4,6,8,10H,5,7,9H2,1H3,(H2,19,20,22). The van der Waals surface area contributed by atoms with Crippen molar-refractivity contribution in [3.05, 3.63) is 54.1 Å². The van der Waals surface area contributed by atoms with Gasteiger partial charge in [-0.15, -0.1) is 0 Å². The van der Waals surface area contributed by atoms with E-state index in [-0.39, 0.29) is 18.4 Å². The Morgan fingerprint density at radius 2 is 2.26 bits per heavy atom. The Balaban J connectivity index is 1.53. The highest BCUT2D eigenvalue weighted by atomic mass is 19.1. The molecular weight excluding hydrogens is 299 g/mol. The molecule has 0 spiro atoms. The van der Waals surface area contributed by atoms with E-state index in [0.29, 0.717) is 24.4 Å². The second-order valence-corrected chi connectivity index (χ2v) is 5.20. The number of carbonyl (C=O) groups excluding carboxylic acids is 1. The number of aromatic nitrogens is 2. The van der Waals surface area contributed by atoms with Crippen LogP contribution in [0, 0.1) is 12.7 Å². The third-order valence-electron chi connectivity index (χ3n) is 3.62. The largest absolute Gasteiger partial charge is 0.459 e. The lowest BCUT2D eigenvalue weighted by atomic mass is 10.1. The molecule has 2 N–H and O–H groups in total. The van der Waals surface area contributed by atoms with Crippen molar-refractivity contribution in [3.63, 3.8) is 0 Å². The van der Waals surface area contributed by atoms with Crippen molar-refractivity contribution in [2.45, 2.75) is 20.0 Å². The zero-order chi connectivity index (χ0) is 16.2. The van der Waals surface area contributed by atoms with Crippen LogP contribution in [0.25, 0.3) is 11.0 Å². The summed E-state index contributed by atoms with van der Waals surface area (Å²) in [7, 11) is 0. The molecule has 7 heteroatoms. The first-order valence-electron chi connectivity index (χ1n) is 7.28. The molecule has 0 unspecified atom stereocenters. The van der Waals surface area contributed by atoms with E-state index >= 15 is 0 Å². The minimum atomic E-state index is -0.307. The number of amides is 2. The fourth-order valence-electron chi connectivity index (χ4n) is 2.35. The Bertz CT molecular complexity index is 811. The fourth-order valence-corrected chi connectivity index (χ4v) is 2.35. The molecule has 0 saturated heterocycles. The van der Waals surface area contributed by atoms with Gasteiger partial charge < -0.3 is 19.6 Å². The van der Waals surface area contributed by atoms with E-state index in [0.717, 1.165) is 10.9 Å². The van der Waals surface area contributed by atoms with Gasteiger partial charge in [0.1, 0.15) is 17.2 Å². The van der Waals surface area contributed by atoms with E-state index in [2.05, 4.69) is 15.6 Å². The number of furan rings is 1. The lowest BCUT2D eigenvalue weighted by Gasteiger charge is -2.07. The van der Waals surface area contributed by atoms with E-state index in [1.807, 2.05) is 17.7 Å². The summed E-state index contributed by atoms with van der Waals surface area (Å²) in [6.07, 6.45) is 5.21. The number of aryl methyl sites for hydroxylation is 1.